The number of carbonyl (C=O) groups excluding carboxylic acids is 1. The lowest BCUT2D eigenvalue weighted by atomic mass is 9.96. The minimum absolute atomic E-state index is 0. The normalized spacial score (nSPS) is 13.0. The SMILES string of the molecule is CCCC(C)(N)C(=O)NCc1cccc(OCC)c1.Cl. The molecule has 1 aromatic carbocycles. The Labute approximate surface area is 127 Å². The first-order chi connectivity index (χ1) is 8.99. The van der Waals surface area contributed by atoms with E-state index in [4.69, 9.17) is 10.5 Å². The van der Waals surface area contributed by atoms with Crippen LogP contribution in [-0.4, -0.2) is 18.1 Å². The highest BCUT2D eigenvalue weighted by molar-refractivity contribution is 5.85. The maximum absolute atomic E-state index is 12.0. The third-order valence-electron chi connectivity index (χ3n) is 2.95. The van der Waals surface area contributed by atoms with Crippen molar-refractivity contribution in [3.05, 3.63) is 29.8 Å². The Balaban J connectivity index is 0.00000361. The second-order valence-electron chi connectivity index (χ2n) is 4.93. The van der Waals surface area contributed by atoms with Gasteiger partial charge in [-0.15, -0.1) is 12.4 Å². The van der Waals surface area contributed by atoms with Gasteiger partial charge in [-0.25, -0.2) is 0 Å². The lowest BCUT2D eigenvalue weighted by Gasteiger charge is -2.22. The minimum Gasteiger partial charge on any atom is -0.494 e. The summed E-state index contributed by atoms with van der Waals surface area (Å²) in [5.74, 6) is 0.703. The van der Waals surface area contributed by atoms with Gasteiger partial charge in [0.1, 0.15) is 5.75 Å². The smallest absolute Gasteiger partial charge is 0.240 e. The zero-order valence-electron chi connectivity index (χ0n) is 12.4. The number of rotatable bonds is 7. The van der Waals surface area contributed by atoms with Crippen LogP contribution in [0.15, 0.2) is 24.3 Å². The molecule has 1 atom stereocenters. The maximum Gasteiger partial charge on any atom is 0.240 e. The van der Waals surface area contributed by atoms with Gasteiger partial charge < -0.3 is 15.8 Å². The van der Waals surface area contributed by atoms with E-state index in [9.17, 15) is 4.79 Å². The summed E-state index contributed by atoms with van der Waals surface area (Å²) in [6.45, 7) is 6.83. The molecule has 1 amide bonds. The van der Waals surface area contributed by atoms with Gasteiger partial charge in [0.2, 0.25) is 5.91 Å². The highest BCUT2D eigenvalue weighted by Gasteiger charge is 2.26. The largest absolute Gasteiger partial charge is 0.494 e. The van der Waals surface area contributed by atoms with Crippen LogP contribution in [0, 0.1) is 0 Å². The number of carbonyl (C=O) groups is 1. The lowest BCUT2D eigenvalue weighted by Crippen LogP contribution is -2.51. The molecule has 20 heavy (non-hydrogen) atoms. The van der Waals surface area contributed by atoms with Crippen molar-refractivity contribution in [2.75, 3.05) is 6.61 Å². The molecule has 114 valence electrons. The van der Waals surface area contributed by atoms with E-state index in [1.807, 2.05) is 38.1 Å². The van der Waals surface area contributed by atoms with Crippen LogP contribution in [0.3, 0.4) is 0 Å². The summed E-state index contributed by atoms with van der Waals surface area (Å²) in [7, 11) is 0. The van der Waals surface area contributed by atoms with Crippen molar-refractivity contribution < 1.29 is 9.53 Å². The van der Waals surface area contributed by atoms with Crippen LogP contribution in [0.2, 0.25) is 0 Å². The van der Waals surface area contributed by atoms with E-state index in [0.717, 1.165) is 17.7 Å². The van der Waals surface area contributed by atoms with Gasteiger partial charge >= 0.3 is 0 Å². The summed E-state index contributed by atoms with van der Waals surface area (Å²) in [4.78, 5) is 12.0. The standard InChI is InChI=1S/C15H24N2O2.ClH/c1-4-9-15(3,16)14(18)17-11-12-7-6-8-13(10-12)19-5-2;/h6-8,10H,4-5,9,11,16H2,1-3H3,(H,17,18);1H. The van der Waals surface area contributed by atoms with Gasteiger partial charge in [-0.05, 0) is 38.0 Å². The molecule has 1 aromatic rings. The van der Waals surface area contributed by atoms with Gasteiger partial charge in [-0.3, -0.25) is 4.79 Å². The van der Waals surface area contributed by atoms with Crippen LogP contribution in [0.4, 0.5) is 0 Å². The molecule has 0 fully saturated rings. The molecule has 0 saturated carbocycles. The number of nitrogens with one attached hydrogen (secondary N) is 1. The van der Waals surface area contributed by atoms with Crippen molar-refractivity contribution >= 4 is 18.3 Å². The molecule has 0 aliphatic carbocycles. The van der Waals surface area contributed by atoms with Crippen LogP contribution in [-0.2, 0) is 11.3 Å². The summed E-state index contributed by atoms with van der Waals surface area (Å²) in [5, 5.41) is 2.87. The Hall–Kier alpha value is -1.26. The van der Waals surface area contributed by atoms with E-state index in [1.54, 1.807) is 6.92 Å². The molecule has 5 heteroatoms. The van der Waals surface area contributed by atoms with Gasteiger partial charge in [0.25, 0.3) is 0 Å². The summed E-state index contributed by atoms with van der Waals surface area (Å²) >= 11 is 0. The Morgan fingerprint density at radius 1 is 1.40 bits per heavy atom. The molecule has 0 aromatic heterocycles. The quantitative estimate of drug-likeness (QED) is 0.813. The van der Waals surface area contributed by atoms with Crippen molar-refractivity contribution in [2.24, 2.45) is 5.73 Å². The summed E-state index contributed by atoms with van der Waals surface area (Å²) < 4.78 is 5.42. The minimum atomic E-state index is -0.799. The van der Waals surface area contributed by atoms with Crippen molar-refractivity contribution in [2.45, 2.75) is 45.7 Å². The van der Waals surface area contributed by atoms with Crippen molar-refractivity contribution in [1.82, 2.24) is 5.32 Å². The molecule has 4 nitrogen and oxygen atoms in total. The molecule has 0 radical (unpaired) electrons. The van der Waals surface area contributed by atoms with Gasteiger partial charge in [-0.1, -0.05) is 25.5 Å². The molecule has 3 N–H and O–H groups in total. The van der Waals surface area contributed by atoms with Crippen LogP contribution in [0.25, 0.3) is 0 Å². The first-order valence-electron chi connectivity index (χ1n) is 6.78. The van der Waals surface area contributed by atoms with E-state index < -0.39 is 5.54 Å². The third kappa shape index (κ3) is 5.80. The second-order valence-corrected chi connectivity index (χ2v) is 4.93. The highest BCUT2D eigenvalue weighted by Crippen LogP contribution is 2.14. The first-order valence-corrected chi connectivity index (χ1v) is 6.78. The van der Waals surface area contributed by atoms with Crippen molar-refractivity contribution in [3.63, 3.8) is 0 Å². The molecule has 0 bridgehead atoms. The average molecular weight is 301 g/mol. The van der Waals surface area contributed by atoms with Crippen LogP contribution < -0.4 is 15.8 Å². The predicted molar refractivity (Wildman–Crippen MR) is 84.2 cm³/mol. The number of hydrogen-bond acceptors (Lipinski definition) is 3. The Morgan fingerprint density at radius 2 is 2.10 bits per heavy atom. The summed E-state index contributed by atoms with van der Waals surface area (Å²) in [5.41, 5.74) is 6.18. The predicted octanol–water partition coefficient (Wildman–Crippen LogP) is 2.64. The molecule has 1 rings (SSSR count). The molecule has 0 aliphatic rings. The number of benzene rings is 1. The molecular weight excluding hydrogens is 276 g/mol. The van der Waals surface area contributed by atoms with Crippen LogP contribution in [0.1, 0.15) is 39.2 Å². The molecule has 1 unspecified atom stereocenters. The van der Waals surface area contributed by atoms with E-state index in [0.29, 0.717) is 19.6 Å². The maximum atomic E-state index is 12.0. The molecular formula is C15H25ClN2O2. The van der Waals surface area contributed by atoms with E-state index in [1.165, 1.54) is 0 Å². The van der Waals surface area contributed by atoms with Crippen molar-refractivity contribution in [3.8, 4) is 5.75 Å². The second kappa shape index (κ2) is 8.82. The fourth-order valence-corrected chi connectivity index (χ4v) is 1.93. The highest BCUT2D eigenvalue weighted by atomic mass is 35.5. The van der Waals surface area contributed by atoms with Gasteiger partial charge in [-0.2, -0.15) is 0 Å². The molecule has 0 spiro atoms. The fraction of sp³-hybridized carbons (Fsp3) is 0.533. The monoisotopic (exact) mass is 300 g/mol. The summed E-state index contributed by atoms with van der Waals surface area (Å²) in [6, 6.07) is 7.70. The topological polar surface area (TPSA) is 64.4 Å². The number of ether oxygens (including phenoxy) is 1. The number of hydrogen-bond donors (Lipinski definition) is 2. The van der Waals surface area contributed by atoms with Crippen LogP contribution >= 0.6 is 12.4 Å². The van der Waals surface area contributed by atoms with Crippen molar-refractivity contribution in [1.29, 1.82) is 0 Å². The zero-order valence-corrected chi connectivity index (χ0v) is 13.3. The van der Waals surface area contributed by atoms with E-state index in [-0.39, 0.29) is 18.3 Å². The average Bonchev–Trinajstić information content (AvgIpc) is 2.36. The molecule has 0 aliphatic heterocycles. The third-order valence-corrected chi connectivity index (χ3v) is 2.95. The summed E-state index contributed by atoms with van der Waals surface area (Å²) in [6.07, 6.45) is 1.57. The molecule has 0 heterocycles. The number of amides is 1. The Morgan fingerprint density at radius 3 is 2.70 bits per heavy atom. The van der Waals surface area contributed by atoms with Gasteiger partial charge in [0.15, 0.2) is 0 Å². The fourth-order valence-electron chi connectivity index (χ4n) is 1.93. The van der Waals surface area contributed by atoms with E-state index >= 15 is 0 Å². The number of nitrogens with two attached hydrogens (primary N) is 1. The van der Waals surface area contributed by atoms with Gasteiger partial charge in [0.05, 0.1) is 12.1 Å². The molecule has 0 saturated heterocycles. The lowest BCUT2D eigenvalue weighted by molar-refractivity contribution is -0.126. The van der Waals surface area contributed by atoms with E-state index in [2.05, 4.69) is 5.32 Å². The van der Waals surface area contributed by atoms with Crippen LogP contribution in [0.5, 0.6) is 5.75 Å². The first kappa shape index (κ1) is 18.7. The Kier molecular flexibility index (Phi) is 8.26. The number of halogens is 1. The zero-order chi connectivity index (χ0) is 14.3. The van der Waals surface area contributed by atoms with Gasteiger partial charge in [0, 0.05) is 6.54 Å². The Bertz CT molecular complexity index is 422.